The van der Waals surface area contributed by atoms with Crippen molar-refractivity contribution in [2.24, 2.45) is 0 Å². The first kappa shape index (κ1) is 116. The lowest BCUT2D eigenvalue weighted by Gasteiger charge is -2.36. The number of ether oxygens (including phenoxy) is 18. The van der Waals surface area contributed by atoms with E-state index in [1.54, 1.807) is 28.4 Å². The van der Waals surface area contributed by atoms with Crippen molar-refractivity contribution in [2.45, 2.75) is 238 Å². The van der Waals surface area contributed by atoms with Crippen molar-refractivity contribution >= 4 is 11.9 Å². The second-order valence-electron chi connectivity index (χ2n) is 40.2. The fourth-order valence-corrected chi connectivity index (χ4v) is 22.2. The first-order chi connectivity index (χ1) is 73.2. The molecule has 13 rings (SSSR count). The summed E-state index contributed by atoms with van der Waals surface area (Å²) in [5.41, 5.74) is 24.5. The van der Waals surface area contributed by atoms with Gasteiger partial charge in [-0.25, -0.2) is 9.59 Å². The molecule has 10 aromatic carbocycles. The van der Waals surface area contributed by atoms with E-state index in [9.17, 15) is 0 Å². The highest BCUT2D eigenvalue weighted by atomic mass is 16.6. The first-order valence-corrected chi connectivity index (χ1v) is 55.9. The molecule has 0 aliphatic heterocycles. The molecule has 0 N–H and O–H groups in total. The quantitative estimate of drug-likeness (QED) is 0.0257. The van der Waals surface area contributed by atoms with Gasteiger partial charge in [0, 0.05) is 39.3 Å². The molecule has 0 unspecified atom stereocenters. The van der Waals surface area contributed by atoms with Gasteiger partial charge in [0.05, 0.1) is 152 Å². The number of fused-ring (bicyclic) bond motifs is 9. The van der Waals surface area contributed by atoms with Gasteiger partial charge in [-0.05, 0) is 223 Å². The predicted molar refractivity (Wildman–Crippen MR) is 598 cm³/mol. The summed E-state index contributed by atoms with van der Waals surface area (Å²) in [5, 5.41) is 0. The third-order valence-electron chi connectivity index (χ3n) is 30.0. The Balaban J connectivity index is 1.10. The molecule has 0 amide bonds. The standard InChI is InChI=1S/C129H170O20/c1-13-17-21-25-29-33-57-127(58-34-30-26-22-18-14-2)115-85-99(97-41-37-95(5)38-42-97)45-51-107(115)109-53-47-101(87-117(109)127)103-49-55-111-112-56-50-104(102-48-54-110-108-52-46-100(98-43-39-96(6)40-44-98)86-116(108)128(118(110)88-102,59-35-31-27-23-19-15-3)60-36-32-28-24-20-16-4)90-120(112)129(119(111)89-103,105-91-113(125(130)136-11)123(148-83-79-144-75-71-140-67-63-134-9)121(93-105)146-81-77-142-73-69-138-65-61-132-7)106-92-114(126(131)137-12)124(149-84-80-145-76-72-141-68-64-135-10)122(94-106)147-82-78-143-74-70-139-66-62-133-8/h37-56,85-94H,13-36,57-84H2,1-12H3. The molecule has 20 nitrogen and oxygen atoms in total. The average Bonchev–Trinajstić information content (AvgIpc) is 1.53. The van der Waals surface area contributed by atoms with E-state index in [1.807, 2.05) is 24.3 Å². The van der Waals surface area contributed by atoms with Crippen LogP contribution in [0, 0.1) is 13.8 Å². The summed E-state index contributed by atoms with van der Waals surface area (Å²) in [4.78, 5) is 31.7. The third kappa shape index (κ3) is 30.7. The summed E-state index contributed by atoms with van der Waals surface area (Å²) >= 11 is 0. The molecular formula is C129H170O20. The van der Waals surface area contributed by atoms with Gasteiger partial charge in [0.2, 0.25) is 0 Å². The number of carbonyl (C=O) groups is 2. The van der Waals surface area contributed by atoms with Gasteiger partial charge in [0.1, 0.15) is 37.6 Å². The zero-order valence-corrected chi connectivity index (χ0v) is 91.8. The number of unbranched alkanes of at least 4 members (excludes halogenated alkanes) is 20. The monoisotopic (exact) mass is 2040 g/mol. The fourth-order valence-electron chi connectivity index (χ4n) is 22.2. The number of hydrogen-bond acceptors (Lipinski definition) is 20. The highest BCUT2D eigenvalue weighted by molar-refractivity contribution is 5.99. The summed E-state index contributed by atoms with van der Waals surface area (Å²) in [5.74, 6) is -0.696. The lowest BCUT2D eigenvalue weighted by molar-refractivity contribution is 0.0158. The van der Waals surface area contributed by atoms with Crippen LogP contribution in [0.5, 0.6) is 23.0 Å². The lowest BCUT2D eigenvalue weighted by atomic mass is 9.66. The van der Waals surface area contributed by atoms with Gasteiger partial charge >= 0.3 is 11.9 Å². The van der Waals surface area contributed by atoms with Gasteiger partial charge in [0.15, 0.2) is 23.0 Å². The molecule has 3 aliphatic rings. The van der Waals surface area contributed by atoms with Crippen molar-refractivity contribution in [3.63, 3.8) is 0 Å². The van der Waals surface area contributed by atoms with Gasteiger partial charge in [-0.1, -0.05) is 314 Å². The second-order valence-corrected chi connectivity index (χ2v) is 40.2. The van der Waals surface area contributed by atoms with Gasteiger partial charge in [-0.2, -0.15) is 0 Å². The molecule has 0 atom stereocenters. The molecule has 0 bridgehead atoms. The number of methoxy groups -OCH3 is 6. The second kappa shape index (κ2) is 62.1. The molecule has 10 aromatic rings. The molecule has 20 heteroatoms. The largest absolute Gasteiger partial charge is 0.487 e. The smallest absolute Gasteiger partial charge is 0.341 e. The van der Waals surface area contributed by atoms with Gasteiger partial charge in [0.25, 0.3) is 0 Å². The summed E-state index contributed by atoms with van der Waals surface area (Å²) in [6.07, 6.45) is 32.3. The van der Waals surface area contributed by atoms with Crippen molar-refractivity contribution in [3.05, 3.63) is 249 Å². The predicted octanol–water partition coefficient (Wildman–Crippen LogP) is 28.7. The Hall–Kier alpha value is -10.1. The topological polar surface area (TPSA) is 200 Å². The normalized spacial score (nSPS) is 13.2. The molecule has 0 aromatic heterocycles. The molecule has 149 heavy (non-hydrogen) atoms. The Labute approximate surface area is 889 Å². The summed E-state index contributed by atoms with van der Waals surface area (Å²) in [6, 6.07) is 69.0. The van der Waals surface area contributed by atoms with E-state index in [4.69, 9.17) is 85.3 Å². The van der Waals surface area contributed by atoms with Crippen LogP contribution >= 0.6 is 0 Å². The maximum absolute atomic E-state index is 15.9. The molecule has 0 heterocycles. The van der Waals surface area contributed by atoms with E-state index in [2.05, 4.69) is 199 Å². The van der Waals surface area contributed by atoms with Crippen LogP contribution in [-0.4, -0.2) is 213 Å². The molecule has 0 saturated heterocycles. The number of esters is 2. The maximum atomic E-state index is 15.9. The minimum atomic E-state index is -1.60. The Morgan fingerprint density at radius 2 is 0.436 bits per heavy atom. The van der Waals surface area contributed by atoms with E-state index in [0.717, 1.165) is 122 Å². The van der Waals surface area contributed by atoms with Gasteiger partial charge < -0.3 is 85.3 Å². The molecule has 0 fully saturated rings. The molecule has 0 saturated carbocycles. The van der Waals surface area contributed by atoms with Crippen LogP contribution in [0.15, 0.2) is 182 Å². The van der Waals surface area contributed by atoms with E-state index in [-0.39, 0.29) is 124 Å². The lowest BCUT2D eigenvalue weighted by Crippen LogP contribution is -2.30. The van der Waals surface area contributed by atoms with Crippen LogP contribution in [0.3, 0.4) is 0 Å². The summed E-state index contributed by atoms with van der Waals surface area (Å²) in [6.45, 7) is 19.8. The average molecular weight is 2040 g/mol. The van der Waals surface area contributed by atoms with E-state index >= 15 is 9.59 Å². The van der Waals surface area contributed by atoms with Crippen LogP contribution in [0.25, 0.3) is 77.9 Å². The van der Waals surface area contributed by atoms with Crippen LogP contribution in [0.1, 0.15) is 284 Å². The Morgan fingerprint density at radius 3 is 0.691 bits per heavy atom. The third-order valence-corrected chi connectivity index (χ3v) is 30.0. The molecule has 0 radical (unpaired) electrons. The zero-order valence-electron chi connectivity index (χ0n) is 91.8. The molecule has 806 valence electrons. The minimum Gasteiger partial charge on any atom is -0.487 e. The SMILES string of the molecule is CCCCCCCCC1(CCCCCCCC)c2cc(-c3ccc(C)cc3)ccc2-c2ccc(-c3ccc4c(c3)C(c3cc(OCCOCCOCCOC)c(OCCOCCOCCOC)c(C(=O)OC)c3)(c3cc(OCCOCCOCCOC)c(OCCOCCOCCOC)c(C(=O)OC)c3)c3cc(-c5ccc6c(c5)C(CCCCCCCC)(CCCCCCCC)c5cc(-c7ccc(C)cc7)ccc5-6)ccc3-4)cc21. The van der Waals surface area contributed by atoms with Crippen molar-refractivity contribution in [1.82, 2.24) is 0 Å². The Kier molecular flexibility index (Phi) is 48.4. The highest BCUT2D eigenvalue weighted by Crippen LogP contribution is 2.63. The Bertz CT molecular complexity index is 5340. The number of rotatable bonds is 76. The van der Waals surface area contributed by atoms with Crippen LogP contribution in [0.2, 0.25) is 0 Å². The van der Waals surface area contributed by atoms with Gasteiger partial charge in [-0.15, -0.1) is 0 Å². The molecule has 0 spiro atoms. The van der Waals surface area contributed by atoms with E-state index < -0.39 is 17.4 Å². The zero-order chi connectivity index (χ0) is 105. The maximum Gasteiger partial charge on any atom is 0.341 e. The number of hydrogen-bond donors (Lipinski definition) is 0. The first-order valence-electron chi connectivity index (χ1n) is 55.9. The fraction of sp³-hybridized carbons (Fsp3) is 0.519. The summed E-state index contributed by atoms with van der Waals surface area (Å²) in [7, 11) is 9.35. The Morgan fingerprint density at radius 1 is 0.221 bits per heavy atom. The van der Waals surface area contributed by atoms with E-state index in [0.29, 0.717) is 90.4 Å². The van der Waals surface area contributed by atoms with Crippen LogP contribution in [0.4, 0.5) is 0 Å². The van der Waals surface area contributed by atoms with Crippen molar-refractivity contribution < 1.29 is 94.9 Å². The number of carbonyl (C=O) groups excluding carboxylic acids is 2. The molecular weight excluding hydrogens is 1870 g/mol. The van der Waals surface area contributed by atoms with Crippen molar-refractivity contribution in [3.8, 4) is 101 Å². The number of benzene rings is 10. The minimum absolute atomic E-state index is 0.00301. The van der Waals surface area contributed by atoms with Crippen LogP contribution < -0.4 is 18.9 Å². The van der Waals surface area contributed by atoms with Crippen molar-refractivity contribution in [2.75, 3.05) is 201 Å². The summed E-state index contributed by atoms with van der Waals surface area (Å²) < 4.78 is 110. The highest BCUT2D eigenvalue weighted by Gasteiger charge is 2.51. The van der Waals surface area contributed by atoms with Crippen LogP contribution in [-0.2, 0) is 82.6 Å². The van der Waals surface area contributed by atoms with E-state index in [1.165, 1.54) is 195 Å². The molecule has 3 aliphatic carbocycles. The van der Waals surface area contributed by atoms with Crippen molar-refractivity contribution in [1.29, 1.82) is 0 Å². The number of aryl methyl sites for hydroxylation is 2. The van der Waals surface area contributed by atoms with Gasteiger partial charge in [-0.3, -0.25) is 0 Å².